The standard InChI is InChI=1S/C27H34Cl2N4O2/c28-22-7-6-21(26(29)17-22)12-16-33(20-34)24-10-8-23(9-11-24)30-27(19-31-13-2-1-3-14-31)32-15-4-5-25(35)18-32/h6-11,17,19-20,25,30,35H,1-5,12-16,18H2/b27-19+. The summed E-state index contributed by atoms with van der Waals surface area (Å²) in [6.45, 7) is 4.20. The summed E-state index contributed by atoms with van der Waals surface area (Å²) in [7, 11) is 0. The van der Waals surface area contributed by atoms with Crippen LogP contribution in [0.25, 0.3) is 0 Å². The van der Waals surface area contributed by atoms with Gasteiger partial charge in [-0.25, -0.2) is 0 Å². The van der Waals surface area contributed by atoms with Crippen LogP contribution in [0, 0.1) is 0 Å². The second-order valence-electron chi connectivity index (χ2n) is 9.31. The summed E-state index contributed by atoms with van der Waals surface area (Å²) in [6.07, 6.45) is 8.93. The third-order valence-electron chi connectivity index (χ3n) is 6.67. The Morgan fingerprint density at radius 1 is 1.06 bits per heavy atom. The number of carbonyl (C=O) groups is 1. The van der Waals surface area contributed by atoms with Gasteiger partial charge in [0.2, 0.25) is 6.41 Å². The molecule has 2 aromatic carbocycles. The van der Waals surface area contributed by atoms with Gasteiger partial charge in [0, 0.05) is 60.3 Å². The van der Waals surface area contributed by atoms with Crippen LogP contribution < -0.4 is 10.2 Å². The lowest BCUT2D eigenvalue weighted by molar-refractivity contribution is -0.107. The van der Waals surface area contributed by atoms with Crippen LogP contribution in [0.15, 0.2) is 54.5 Å². The maximum Gasteiger partial charge on any atom is 0.214 e. The van der Waals surface area contributed by atoms with Crippen LogP contribution in [0.5, 0.6) is 0 Å². The molecule has 0 bridgehead atoms. The van der Waals surface area contributed by atoms with Crippen molar-refractivity contribution >= 4 is 41.0 Å². The Balaban J connectivity index is 1.43. The van der Waals surface area contributed by atoms with E-state index in [1.807, 2.05) is 36.4 Å². The third-order valence-corrected chi connectivity index (χ3v) is 7.26. The fraction of sp³-hybridized carbons (Fsp3) is 0.444. The molecule has 35 heavy (non-hydrogen) atoms. The Labute approximate surface area is 218 Å². The molecule has 2 aromatic rings. The molecule has 188 valence electrons. The van der Waals surface area contributed by atoms with E-state index in [-0.39, 0.29) is 6.10 Å². The van der Waals surface area contributed by atoms with Crippen molar-refractivity contribution < 1.29 is 9.90 Å². The number of hydrogen-bond donors (Lipinski definition) is 2. The number of amides is 1. The lowest BCUT2D eigenvalue weighted by Gasteiger charge is -2.36. The molecule has 2 aliphatic heterocycles. The Bertz CT molecular complexity index is 1010. The van der Waals surface area contributed by atoms with Crippen molar-refractivity contribution in [2.24, 2.45) is 0 Å². The number of nitrogens with zero attached hydrogens (tertiary/aromatic N) is 3. The number of carbonyl (C=O) groups excluding carboxylic acids is 1. The smallest absolute Gasteiger partial charge is 0.214 e. The van der Waals surface area contributed by atoms with Gasteiger partial charge in [0.25, 0.3) is 0 Å². The number of likely N-dealkylation sites (tertiary alicyclic amines) is 2. The first-order chi connectivity index (χ1) is 17.0. The summed E-state index contributed by atoms with van der Waals surface area (Å²) in [4.78, 5) is 18.1. The fourth-order valence-electron chi connectivity index (χ4n) is 4.68. The van der Waals surface area contributed by atoms with Gasteiger partial charge < -0.3 is 25.1 Å². The molecule has 0 radical (unpaired) electrons. The number of rotatable bonds is 9. The minimum Gasteiger partial charge on any atom is -0.391 e. The number of aliphatic hydroxyl groups excluding tert-OH is 1. The number of nitrogens with one attached hydrogen (secondary N) is 1. The summed E-state index contributed by atoms with van der Waals surface area (Å²) in [5.74, 6) is 1.02. The summed E-state index contributed by atoms with van der Waals surface area (Å²) in [5, 5.41) is 15.0. The molecule has 2 aliphatic rings. The van der Waals surface area contributed by atoms with Gasteiger partial charge >= 0.3 is 0 Å². The second kappa shape index (κ2) is 12.5. The van der Waals surface area contributed by atoms with Crippen LogP contribution in [0.1, 0.15) is 37.7 Å². The van der Waals surface area contributed by atoms with Crippen molar-refractivity contribution in [3.8, 4) is 0 Å². The fourth-order valence-corrected chi connectivity index (χ4v) is 5.18. The summed E-state index contributed by atoms with van der Waals surface area (Å²) < 4.78 is 0. The van der Waals surface area contributed by atoms with Crippen LogP contribution in [0.4, 0.5) is 11.4 Å². The molecule has 4 rings (SSSR count). The first-order valence-electron chi connectivity index (χ1n) is 12.4. The van der Waals surface area contributed by atoms with Gasteiger partial charge in [0.15, 0.2) is 0 Å². The Morgan fingerprint density at radius 3 is 2.51 bits per heavy atom. The predicted octanol–water partition coefficient (Wildman–Crippen LogP) is 5.35. The number of β-amino-alcohol motifs (C(OH)–C–C–N with tert-alkyl or cyclic N) is 1. The monoisotopic (exact) mass is 516 g/mol. The topological polar surface area (TPSA) is 59.1 Å². The molecular formula is C27H34Cl2N4O2. The lowest BCUT2D eigenvalue weighted by Crippen LogP contribution is -2.40. The Hall–Kier alpha value is -2.41. The Kier molecular flexibility index (Phi) is 9.18. The van der Waals surface area contributed by atoms with E-state index in [1.54, 1.807) is 11.0 Å². The molecule has 0 aromatic heterocycles. The predicted molar refractivity (Wildman–Crippen MR) is 144 cm³/mol. The molecule has 1 amide bonds. The minimum absolute atomic E-state index is 0.298. The SMILES string of the molecule is O=CN(CCc1ccc(Cl)cc1Cl)c1ccc(N/C(=C\N2CCCCC2)N2CCCC(O)C2)cc1. The van der Waals surface area contributed by atoms with Crippen LogP contribution in [-0.4, -0.2) is 60.1 Å². The largest absolute Gasteiger partial charge is 0.391 e. The highest BCUT2D eigenvalue weighted by atomic mass is 35.5. The van der Waals surface area contributed by atoms with Crippen molar-refractivity contribution in [3.63, 3.8) is 0 Å². The van der Waals surface area contributed by atoms with Gasteiger partial charge in [-0.3, -0.25) is 4.79 Å². The van der Waals surface area contributed by atoms with Crippen LogP contribution in [-0.2, 0) is 11.2 Å². The van der Waals surface area contributed by atoms with E-state index < -0.39 is 0 Å². The zero-order valence-corrected chi connectivity index (χ0v) is 21.5. The maximum absolute atomic E-state index is 11.8. The number of anilines is 2. The van der Waals surface area contributed by atoms with Crippen molar-refractivity contribution in [2.75, 3.05) is 42.9 Å². The molecule has 2 fully saturated rings. The highest BCUT2D eigenvalue weighted by Gasteiger charge is 2.21. The third kappa shape index (κ3) is 7.29. The molecule has 0 spiro atoms. The highest BCUT2D eigenvalue weighted by Crippen LogP contribution is 2.25. The summed E-state index contributed by atoms with van der Waals surface area (Å²) >= 11 is 12.3. The van der Waals surface area contributed by atoms with Gasteiger partial charge in [-0.1, -0.05) is 29.3 Å². The first-order valence-corrected chi connectivity index (χ1v) is 13.2. The molecule has 2 saturated heterocycles. The van der Waals surface area contributed by atoms with E-state index >= 15 is 0 Å². The lowest BCUT2D eigenvalue weighted by atomic mass is 10.1. The summed E-state index contributed by atoms with van der Waals surface area (Å²) in [5.41, 5.74) is 2.73. The quantitative estimate of drug-likeness (QED) is 0.439. The number of hydrogen-bond acceptors (Lipinski definition) is 5. The number of aliphatic hydroxyl groups is 1. The highest BCUT2D eigenvalue weighted by molar-refractivity contribution is 6.35. The van der Waals surface area contributed by atoms with Gasteiger partial charge in [-0.05, 0) is 80.5 Å². The molecule has 2 heterocycles. The molecule has 1 unspecified atom stereocenters. The zero-order chi connectivity index (χ0) is 24.6. The van der Waals surface area contributed by atoms with Gasteiger partial charge in [-0.15, -0.1) is 0 Å². The molecule has 2 N–H and O–H groups in total. The first kappa shape index (κ1) is 25.7. The average molecular weight is 518 g/mol. The van der Waals surface area contributed by atoms with E-state index in [0.717, 1.165) is 61.6 Å². The normalized spacial score (nSPS) is 18.9. The zero-order valence-electron chi connectivity index (χ0n) is 20.0. The van der Waals surface area contributed by atoms with E-state index in [9.17, 15) is 9.90 Å². The second-order valence-corrected chi connectivity index (χ2v) is 10.2. The number of benzene rings is 2. The van der Waals surface area contributed by atoms with Crippen molar-refractivity contribution in [1.82, 2.24) is 9.80 Å². The Morgan fingerprint density at radius 2 is 1.83 bits per heavy atom. The van der Waals surface area contributed by atoms with Gasteiger partial charge in [0.05, 0.1) is 6.10 Å². The number of piperidine rings is 2. The summed E-state index contributed by atoms with van der Waals surface area (Å²) in [6, 6.07) is 13.3. The average Bonchev–Trinajstić information content (AvgIpc) is 2.86. The van der Waals surface area contributed by atoms with E-state index in [2.05, 4.69) is 21.3 Å². The van der Waals surface area contributed by atoms with Crippen LogP contribution >= 0.6 is 23.2 Å². The maximum atomic E-state index is 11.8. The molecule has 0 aliphatic carbocycles. The molecule has 8 heteroatoms. The van der Waals surface area contributed by atoms with Crippen molar-refractivity contribution in [2.45, 2.75) is 44.6 Å². The van der Waals surface area contributed by atoms with Crippen molar-refractivity contribution in [3.05, 3.63) is 70.1 Å². The van der Waals surface area contributed by atoms with Crippen molar-refractivity contribution in [1.29, 1.82) is 0 Å². The minimum atomic E-state index is -0.298. The molecule has 0 saturated carbocycles. The molecule has 1 atom stereocenters. The van der Waals surface area contributed by atoms with E-state index in [1.165, 1.54) is 19.3 Å². The molecule has 6 nitrogen and oxygen atoms in total. The molecular weight excluding hydrogens is 483 g/mol. The van der Waals surface area contributed by atoms with E-state index in [0.29, 0.717) is 29.6 Å². The van der Waals surface area contributed by atoms with Crippen LogP contribution in [0.2, 0.25) is 10.0 Å². The van der Waals surface area contributed by atoms with E-state index in [4.69, 9.17) is 23.2 Å². The van der Waals surface area contributed by atoms with Crippen LogP contribution in [0.3, 0.4) is 0 Å². The number of halogens is 2. The van der Waals surface area contributed by atoms with Gasteiger partial charge in [-0.2, -0.15) is 0 Å². The van der Waals surface area contributed by atoms with Gasteiger partial charge in [0.1, 0.15) is 5.82 Å².